The van der Waals surface area contributed by atoms with Crippen LogP contribution in [0.4, 0.5) is 8.78 Å². The van der Waals surface area contributed by atoms with E-state index in [0.717, 1.165) is 29.1 Å². The van der Waals surface area contributed by atoms with Gasteiger partial charge >= 0.3 is 6.29 Å². The van der Waals surface area contributed by atoms with Gasteiger partial charge in [-0.25, -0.2) is 4.98 Å². The van der Waals surface area contributed by atoms with Crippen molar-refractivity contribution in [2.75, 3.05) is 5.75 Å². The highest BCUT2D eigenvalue weighted by Gasteiger charge is 2.46. The molecular weight excluding hydrogens is 398 g/mol. The van der Waals surface area contributed by atoms with Gasteiger partial charge in [-0.2, -0.15) is 5.26 Å². The molecular formula is C20H16F2N4O2S. The zero-order valence-electron chi connectivity index (χ0n) is 15.7. The van der Waals surface area contributed by atoms with Crippen molar-refractivity contribution in [1.82, 2.24) is 14.5 Å². The van der Waals surface area contributed by atoms with Crippen LogP contribution in [0.1, 0.15) is 25.3 Å². The number of ether oxygens (including phenoxy) is 2. The van der Waals surface area contributed by atoms with Crippen LogP contribution in [0.5, 0.6) is 11.5 Å². The summed E-state index contributed by atoms with van der Waals surface area (Å²) < 4.78 is 37.6. The van der Waals surface area contributed by atoms with E-state index < -0.39 is 11.7 Å². The molecule has 5 rings (SSSR count). The van der Waals surface area contributed by atoms with Gasteiger partial charge in [0.05, 0.1) is 22.5 Å². The van der Waals surface area contributed by atoms with E-state index in [-0.39, 0.29) is 11.5 Å². The van der Waals surface area contributed by atoms with E-state index in [0.29, 0.717) is 22.6 Å². The van der Waals surface area contributed by atoms with Crippen molar-refractivity contribution in [1.29, 1.82) is 5.26 Å². The van der Waals surface area contributed by atoms with Crippen LogP contribution < -0.4 is 9.47 Å². The van der Waals surface area contributed by atoms with Crippen LogP contribution in [0.2, 0.25) is 0 Å². The fraction of sp³-hybridized carbons (Fsp3) is 0.350. The van der Waals surface area contributed by atoms with Crippen molar-refractivity contribution >= 4 is 22.8 Å². The van der Waals surface area contributed by atoms with Crippen molar-refractivity contribution in [2.45, 2.75) is 36.4 Å². The molecule has 3 aromatic rings. The van der Waals surface area contributed by atoms with Crippen LogP contribution in [0.15, 0.2) is 29.3 Å². The standard InChI is InChI=1S/C20H16F2N4O2S/c1-3-29-16-6-11(19(10-23)4-5-19)9-24-17(16)18-25-12-7-14-15(8-13(12)26(18)2)28-20(21,22)27-14/h6-9H,3-5H2,1-2H3. The van der Waals surface area contributed by atoms with Gasteiger partial charge in [0.2, 0.25) is 0 Å². The summed E-state index contributed by atoms with van der Waals surface area (Å²) in [4.78, 5) is 10.2. The number of benzene rings is 1. The van der Waals surface area contributed by atoms with Crippen LogP contribution in [-0.4, -0.2) is 26.6 Å². The van der Waals surface area contributed by atoms with Crippen LogP contribution in [0.25, 0.3) is 22.6 Å². The predicted octanol–water partition coefficient (Wildman–Crippen LogP) is 4.62. The summed E-state index contributed by atoms with van der Waals surface area (Å²) in [5.74, 6) is 1.39. The highest BCUT2D eigenvalue weighted by atomic mass is 32.2. The second-order valence-electron chi connectivity index (χ2n) is 7.15. The first-order valence-electron chi connectivity index (χ1n) is 9.17. The molecule has 0 atom stereocenters. The van der Waals surface area contributed by atoms with Crippen molar-refractivity contribution in [3.05, 3.63) is 30.0 Å². The third kappa shape index (κ3) is 2.82. The average Bonchev–Trinajstić information content (AvgIpc) is 3.34. The van der Waals surface area contributed by atoms with E-state index in [4.69, 9.17) is 0 Å². The zero-order valence-corrected chi connectivity index (χ0v) is 16.5. The quantitative estimate of drug-likeness (QED) is 0.580. The predicted molar refractivity (Wildman–Crippen MR) is 103 cm³/mol. The number of pyridine rings is 1. The maximum absolute atomic E-state index is 13.3. The SMILES string of the molecule is CCSc1cc(C2(C#N)CC2)cnc1-c1nc2cc3c(cc2n1C)OC(F)(F)O3. The molecule has 6 nitrogen and oxygen atoms in total. The van der Waals surface area contributed by atoms with Gasteiger partial charge in [0.15, 0.2) is 17.3 Å². The van der Waals surface area contributed by atoms with Crippen molar-refractivity contribution in [2.24, 2.45) is 7.05 Å². The number of rotatable bonds is 4. The molecule has 2 aliphatic rings. The topological polar surface area (TPSA) is 73.0 Å². The minimum Gasteiger partial charge on any atom is -0.395 e. The lowest BCUT2D eigenvalue weighted by Gasteiger charge is -2.12. The fourth-order valence-corrected chi connectivity index (χ4v) is 4.38. The normalized spacial score (nSPS) is 18.0. The number of thioether (sulfide) groups is 1. The molecule has 29 heavy (non-hydrogen) atoms. The Morgan fingerprint density at radius 1 is 1.24 bits per heavy atom. The first-order chi connectivity index (χ1) is 13.9. The van der Waals surface area contributed by atoms with E-state index in [1.807, 2.05) is 13.0 Å². The zero-order chi connectivity index (χ0) is 20.4. The van der Waals surface area contributed by atoms with Gasteiger partial charge < -0.3 is 14.0 Å². The molecule has 2 aromatic heterocycles. The molecule has 1 fully saturated rings. The van der Waals surface area contributed by atoms with E-state index in [9.17, 15) is 14.0 Å². The summed E-state index contributed by atoms with van der Waals surface area (Å²) in [5, 5.41) is 9.50. The fourth-order valence-electron chi connectivity index (χ4n) is 3.58. The first-order valence-corrected chi connectivity index (χ1v) is 10.2. The summed E-state index contributed by atoms with van der Waals surface area (Å²) in [7, 11) is 1.80. The maximum atomic E-state index is 13.3. The van der Waals surface area contributed by atoms with Crippen molar-refractivity contribution in [3.63, 3.8) is 0 Å². The van der Waals surface area contributed by atoms with Crippen molar-refractivity contribution < 1.29 is 18.3 Å². The summed E-state index contributed by atoms with van der Waals surface area (Å²) in [6.07, 6.45) is -0.214. The number of hydrogen-bond acceptors (Lipinski definition) is 6. The number of halogens is 2. The number of hydrogen-bond donors (Lipinski definition) is 0. The Labute approximate surface area is 169 Å². The number of aromatic nitrogens is 3. The maximum Gasteiger partial charge on any atom is 0.586 e. The number of nitriles is 1. The van der Waals surface area contributed by atoms with Crippen molar-refractivity contribution in [3.8, 4) is 29.1 Å². The summed E-state index contributed by atoms with van der Waals surface area (Å²) in [5.41, 5.74) is 2.36. The van der Waals surface area contributed by atoms with Gasteiger partial charge in [0, 0.05) is 30.3 Å². The molecule has 0 unspecified atom stereocenters. The van der Waals surface area contributed by atoms with E-state index >= 15 is 0 Å². The third-order valence-electron chi connectivity index (χ3n) is 5.28. The molecule has 1 aliphatic heterocycles. The number of alkyl halides is 2. The van der Waals surface area contributed by atoms with Gasteiger partial charge in [-0.05, 0) is 30.2 Å². The van der Waals surface area contributed by atoms with Crippen LogP contribution >= 0.6 is 11.8 Å². The highest BCUT2D eigenvalue weighted by Crippen LogP contribution is 2.49. The minimum absolute atomic E-state index is 0.0202. The Balaban J connectivity index is 1.63. The lowest BCUT2D eigenvalue weighted by atomic mass is 9.99. The van der Waals surface area contributed by atoms with E-state index in [1.54, 1.807) is 29.6 Å². The molecule has 148 valence electrons. The number of nitrogens with zero attached hydrogens (tertiary/aromatic N) is 4. The molecule has 0 radical (unpaired) electrons. The number of imidazole rings is 1. The van der Waals surface area contributed by atoms with E-state index in [2.05, 4.69) is 25.5 Å². The third-order valence-corrected chi connectivity index (χ3v) is 6.20. The molecule has 0 saturated heterocycles. The second kappa shape index (κ2) is 6.07. The molecule has 1 aromatic carbocycles. The van der Waals surface area contributed by atoms with Gasteiger partial charge in [-0.3, -0.25) is 4.98 Å². The summed E-state index contributed by atoms with van der Waals surface area (Å²) in [6.45, 7) is 2.05. The van der Waals surface area contributed by atoms with Gasteiger partial charge in [-0.15, -0.1) is 20.5 Å². The molecule has 0 N–H and O–H groups in total. The summed E-state index contributed by atoms with van der Waals surface area (Å²) in [6, 6.07) is 7.38. The van der Waals surface area contributed by atoms with Gasteiger partial charge in [-0.1, -0.05) is 6.92 Å². The first kappa shape index (κ1) is 18.2. The van der Waals surface area contributed by atoms with E-state index in [1.165, 1.54) is 12.1 Å². The Bertz CT molecular complexity index is 1200. The lowest BCUT2D eigenvalue weighted by Crippen LogP contribution is -2.25. The number of fused-ring (bicyclic) bond motifs is 2. The van der Waals surface area contributed by atoms with Crippen LogP contribution in [-0.2, 0) is 12.5 Å². The smallest absolute Gasteiger partial charge is 0.395 e. The molecule has 9 heteroatoms. The molecule has 1 aliphatic carbocycles. The Hall–Kier alpha value is -2.86. The largest absolute Gasteiger partial charge is 0.586 e. The Morgan fingerprint density at radius 2 is 1.97 bits per heavy atom. The minimum atomic E-state index is -3.66. The lowest BCUT2D eigenvalue weighted by molar-refractivity contribution is -0.286. The summed E-state index contributed by atoms with van der Waals surface area (Å²) >= 11 is 1.63. The van der Waals surface area contributed by atoms with Gasteiger partial charge in [0.1, 0.15) is 5.69 Å². The Morgan fingerprint density at radius 3 is 2.62 bits per heavy atom. The molecule has 3 heterocycles. The molecule has 0 spiro atoms. The monoisotopic (exact) mass is 414 g/mol. The van der Waals surface area contributed by atoms with Crippen LogP contribution in [0.3, 0.4) is 0 Å². The highest BCUT2D eigenvalue weighted by molar-refractivity contribution is 7.99. The number of aryl methyl sites for hydroxylation is 1. The molecule has 0 amide bonds. The average molecular weight is 414 g/mol. The van der Waals surface area contributed by atoms with Gasteiger partial charge in [0.25, 0.3) is 0 Å². The Kier molecular flexibility index (Phi) is 3.80. The second-order valence-corrected chi connectivity index (χ2v) is 8.45. The van der Waals surface area contributed by atoms with Crippen LogP contribution in [0, 0.1) is 11.3 Å². The molecule has 1 saturated carbocycles. The molecule has 0 bridgehead atoms.